The van der Waals surface area contributed by atoms with Crippen molar-refractivity contribution >= 4 is 40.3 Å². The maximum Gasteiger partial charge on any atom is 0.355 e. The second-order valence-electron chi connectivity index (χ2n) is 6.30. The van der Waals surface area contributed by atoms with Crippen LogP contribution in [-0.2, 0) is 19.1 Å². The first-order valence-electron chi connectivity index (χ1n) is 9.02. The van der Waals surface area contributed by atoms with Gasteiger partial charge >= 0.3 is 5.97 Å². The van der Waals surface area contributed by atoms with Gasteiger partial charge in [0.25, 0.3) is 5.91 Å². The molecule has 146 valence electrons. The summed E-state index contributed by atoms with van der Waals surface area (Å²) in [4.78, 5) is 36.0. The molecule has 0 atom stereocenters. The summed E-state index contributed by atoms with van der Waals surface area (Å²) in [5.41, 5.74) is 1.31. The van der Waals surface area contributed by atoms with E-state index in [1.807, 2.05) is 42.5 Å². The van der Waals surface area contributed by atoms with E-state index in [0.717, 1.165) is 10.8 Å². The summed E-state index contributed by atoms with van der Waals surface area (Å²) < 4.78 is 5.09. The van der Waals surface area contributed by atoms with Crippen molar-refractivity contribution in [2.24, 2.45) is 0 Å². The van der Waals surface area contributed by atoms with E-state index in [4.69, 9.17) is 4.74 Å². The lowest BCUT2D eigenvalue weighted by Gasteiger charge is -2.11. The van der Waals surface area contributed by atoms with Crippen molar-refractivity contribution in [2.75, 3.05) is 11.9 Å². The Morgan fingerprint density at radius 1 is 0.897 bits per heavy atom. The van der Waals surface area contributed by atoms with Gasteiger partial charge in [0.1, 0.15) is 5.70 Å². The first kappa shape index (κ1) is 19.8. The largest absolute Gasteiger partial charge is 0.451 e. The lowest BCUT2D eigenvalue weighted by Crippen LogP contribution is -2.28. The van der Waals surface area contributed by atoms with Crippen molar-refractivity contribution in [3.05, 3.63) is 84.1 Å². The lowest BCUT2D eigenvalue weighted by molar-refractivity contribution is -0.144. The highest BCUT2D eigenvalue weighted by atomic mass is 16.5. The van der Waals surface area contributed by atoms with Crippen LogP contribution < -0.4 is 10.6 Å². The highest BCUT2D eigenvalue weighted by molar-refractivity contribution is 6.04. The molecule has 3 rings (SSSR count). The summed E-state index contributed by atoms with van der Waals surface area (Å²) in [6.45, 7) is 0.813. The lowest BCUT2D eigenvalue weighted by atomic mass is 10.1. The number of ether oxygens (including phenoxy) is 1. The maximum atomic E-state index is 12.4. The van der Waals surface area contributed by atoms with E-state index < -0.39 is 24.4 Å². The fraction of sp³-hybridized carbons (Fsp3) is 0.0870. The molecule has 0 aliphatic heterocycles. The Kier molecular flexibility index (Phi) is 6.37. The summed E-state index contributed by atoms with van der Waals surface area (Å²) in [7, 11) is 0. The Hall–Kier alpha value is -3.93. The van der Waals surface area contributed by atoms with E-state index in [1.54, 1.807) is 30.3 Å². The van der Waals surface area contributed by atoms with Crippen LogP contribution in [0.25, 0.3) is 16.8 Å². The molecule has 3 aromatic carbocycles. The van der Waals surface area contributed by atoms with E-state index in [2.05, 4.69) is 10.6 Å². The third-order valence-corrected chi connectivity index (χ3v) is 4.04. The third-order valence-electron chi connectivity index (χ3n) is 4.04. The predicted octanol–water partition coefficient (Wildman–Crippen LogP) is 3.50. The van der Waals surface area contributed by atoms with Gasteiger partial charge in [-0.2, -0.15) is 0 Å². The Balaban J connectivity index is 1.66. The molecule has 6 nitrogen and oxygen atoms in total. The third kappa shape index (κ3) is 5.52. The second kappa shape index (κ2) is 9.32. The van der Waals surface area contributed by atoms with Crippen molar-refractivity contribution in [1.29, 1.82) is 0 Å². The summed E-state index contributed by atoms with van der Waals surface area (Å²) in [5, 5.41) is 7.06. The molecule has 29 heavy (non-hydrogen) atoms. The first-order chi connectivity index (χ1) is 14.0. The smallest absolute Gasteiger partial charge is 0.355 e. The Morgan fingerprint density at radius 2 is 1.59 bits per heavy atom. The normalized spacial score (nSPS) is 11.0. The Morgan fingerprint density at radius 3 is 2.34 bits per heavy atom. The summed E-state index contributed by atoms with van der Waals surface area (Å²) in [6.07, 6.45) is 1.49. The van der Waals surface area contributed by atoms with Gasteiger partial charge in [0.2, 0.25) is 5.91 Å². The number of hydrogen-bond acceptors (Lipinski definition) is 4. The fourth-order valence-electron chi connectivity index (χ4n) is 2.78. The number of carbonyl (C=O) groups excluding carboxylic acids is 3. The van der Waals surface area contributed by atoms with Crippen LogP contribution in [0, 0.1) is 0 Å². The van der Waals surface area contributed by atoms with Gasteiger partial charge in [-0.25, -0.2) is 4.79 Å². The molecule has 3 aromatic rings. The molecular weight excluding hydrogens is 368 g/mol. The number of hydrogen-bond donors (Lipinski definition) is 2. The van der Waals surface area contributed by atoms with Crippen molar-refractivity contribution in [3.63, 3.8) is 0 Å². The number of fused-ring (bicyclic) bond motifs is 1. The zero-order chi connectivity index (χ0) is 20.6. The van der Waals surface area contributed by atoms with Crippen LogP contribution in [0.3, 0.4) is 0 Å². The highest BCUT2D eigenvalue weighted by Gasteiger charge is 2.15. The van der Waals surface area contributed by atoms with E-state index >= 15 is 0 Å². The van der Waals surface area contributed by atoms with Crippen LogP contribution >= 0.6 is 0 Å². The van der Waals surface area contributed by atoms with E-state index in [0.29, 0.717) is 11.3 Å². The first-order valence-corrected chi connectivity index (χ1v) is 9.02. The second-order valence-corrected chi connectivity index (χ2v) is 6.30. The molecule has 0 spiro atoms. The SMILES string of the molecule is CC(=O)N/C(=C\c1ccccc1)C(=O)OCC(=O)Nc1cccc2ccccc12. The molecular formula is C23H20N2O4. The van der Waals surface area contributed by atoms with Crippen LogP contribution in [0.5, 0.6) is 0 Å². The molecule has 0 aliphatic carbocycles. The average Bonchev–Trinajstić information content (AvgIpc) is 2.72. The minimum Gasteiger partial charge on any atom is -0.451 e. The van der Waals surface area contributed by atoms with E-state index in [-0.39, 0.29) is 5.70 Å². The molecule has 2 N–H and O–H groups in total. The summed E-state index contributed by atoms with van der Waals surface area (Å²) in [5.74, 6) is -1.68. The number of nitrogens with one attached hydrogen (secondary N) is 2. The molecule has 0 aliphatic rings. The van der Waals surface area contributed by atoms with Gasteiger partial charge in [-0.15, -0.1) is 0 Å². The number of esters is 1. The Bertz CT molecular complexity index is 1070. The van der Waals surface area contributed by atoms with Crippen LogP contribution in [-0.4, -0.2) is 24.4 Å². The average molecular weight is 388 g/mol. The van der Waals surface area contributed by atoms with Crippen LogP contribution in [0.1, 0.15) is 12.5 Å². The number of rotatable bonds is 6. The molecule has 6 heteroatoms. The highest BCUT2D eigenvalue weighted by Crippen LogP contribution is 2.22. The molecule has 0 heterocycles. The van der Waals surface area contributed by atoms with Gasteiger partial charge in [0.15, 0.2) is 6.61 Å². The molecule has 0 saturated carbocycles. The number of carbonyl (C=O) groups is 3. The molecule has 0 bridgehead atoms. The number of amides is 2. The predicted molar refractivity (Wildman–Crippen MR) is 112 cm³/mol. The van der Waals surface area contributed by atoms with Crippen LogP contribution in [0.4, 0.5) is 5.69 Å². The van der Waals surface area contributed by atoms with Gasteiger partial charge in [-0.1, -0.05) is 66.7 Å². The monoisotopic (exact) mass is 388 g/mol. The van der Waals surface area contributed by atoms with Crippen molar-refractivity contribution in [1.82, 2.24) is 5.32 Å². The summed E-state index contributed by atoms with van der Waals surface area (Å²) >= 11 is 0. The van der Waals surface area contributed by atoms with Gasteiger partial charge in [0.05, 0.1) is 0 Å². The van der Waals surface area contributed by atoms with Gasteiger partial charge in [0, 0.05) is 18.0 Å². The molecule has 0 aromatic heterocycles. The zero-order valence-corrected chi connectivity index (χ0v) is 15.8. The van der Waals surface area contributed by atoms with Crippen LogP contribution in [0.2, 0.25) is 0 Å². The van der Waals surface area contributed by atoms with Gasteiger partial charge in [-0.3, -0.25) is 9.59 Å². The van der Waals surface area contributed by atoms with E-state index in [1.165, 1.54) is 13.0 Å². The van der Waals surface area contributed by atoms with Crippen molar-refractivity contribution < 1.29 is 19.1 Å². The minimum absolute atomic E-state index is 0.0401. The van der Waals surface area contributed by atoms with Gasteiger partial charge < -0.3 is 15.4 Å². The Labute approximate surface area is 168 Å². The minimum atomic E-state index is -0.794. The molecule has 2 amide bonds. The molecule has 0 saturated heterocycles. The van der Waals surface area contributed by atoms with Crippen molar-refractivity contribution in [2.45, 2.75) is 6.92 Å². The topological polar surface area (TPSA) is 84.5 Å². The number of anilines is 1. The number of benzene rings is 3. The fourth-order valence-corrected chi connectivity index (χ4v) is 2.78. The molecule has 0 fully saturated rings. The van der Waals surface area contributed by atoms with Crippen molar-refractivity contribution in [3.8, 4) is 0 Å². The van der Waals surface area contributed by atoms with Gasteiger partial charge in [-0.05, 0) is 23.1 Å². The molecule has 0 radical (unpaired) electrons. The quantitative estimate of drug-likeness (QED) is 0.500. The standard InChI is InChI=1S/C23H20N2O4/c1-16(26)24-21(14-17-8-3-2-4-9-17)23(28)29-15-22(27)25-20-13-7-11-18-10-5-6-12-19(18)20/h2-14H,15H2,1H3,(H,24,26)(H,25,27)/b21-14-. The van der Waals surface area contributed by atoms with Crippen LogP contribution in [0.15, 0.2) is 78.5 Å². The summed E-state index contributed by atoms with van der Waals surface area (Å²) in [6, 6.07) is 22.2. The zero-order valence-electron chi connectivity index (χ0n) is 15.8. The van der Waals surface area contributed by atoms with E-state index in [9.17, 15) is 14.4 Å². The maximum absolute atomic E-state index is 12.4. The molecule has 0 unspecified atom stereocenters.